The predicted octanol–water partition coefficient (Wildman–Crippen LogP) is 3.74. The van der Waals surface area contributed by atoms with Crippen LogP contribution in [0.15, 0.2) is 54.6 Å². The van der Waals surface area contributed by atoms with Gasteiger partial charge in [0.25, 0.3) is 0 Å². The number of fused-ring (bicyclic) bond motifs is 1. The number of nitrogens with zero attached hydrogens (tertiary/aromatic N) is 1. The first-order chi connectivity index (χ1) is 10.4. The third-order valence-electron chi connectivity index (χ3n) is 4.29. The second-order valence-electron chi connectivity index (χ2n) is 5.79. The first-order valence-electron chi connectivity index (χ1n) is 7.94. The number of rotatable bonds is 6. The summed E-state index contributed by atoms with van der Waals surface area (Å²) in [5, 5.41) is 3.62. The van der Waals surface area contributed by atoms with Crippen molar-refractivity contribution in [3.8, 4) is 0 Å². The van der Waals surface area contributed by atoms with Crippen molar-refractivity contribution in [2.24, 2.45) is 0 Å². The minimum Gasteiger partial charge on any atom is -0.310 e. The molecule has 0 fully saturated rings. The zero-order valence-corrected chi connectivity index (χ0v) is 12.8. The van der Waals surface area contributed by atoms with E-state index in [4.69, 9.17) is 0 Å². The Kier molecular flexibility index (Phi) is 4.69. The molecule has 1 aliphatic heterocycles. The van der Waals surface area contributed by atoms with Crippen molar-refractivity contribution in [3.63, 3.8) is 0 Å². The Morgan fingerprint density at radius 2 is 1.57 bits per heavy atom. The molecule has 0 bridgehead atoms. The summed E-state index contributed by atoms with van der Waals surface area (Å²) in [5.41, 5.74) is 4.39. The third kappa shape index (κ3) is 3.52. The summed E-state index contributed by atoms with van der Waals surface area (Å²) in [6.45, 7) is 6.54. The van der Waals surface area contributed by atoms with Gasteiger partial charge in [0.15, 0.2) is 0 Å². The van der Waals surface area contributed by atoms with Gasteiger partial charge in [-0.2, -0.15) is 0 Å². The van der Waals surface area contributed by atoms with Crippen LogP contribution in [0.1, 0.15) is 36.1 Å². The Bertz CT molecular complexity index is 540. The van der Waals surface area contributed by atoms with Crippen molar-refractivity contribution in [1.29, 1.82) is 0 Å². The van der Waals surface area contributed by atoms with Crippen LogP contribution >= 0.6 is 0 Å². The molecule has 2 heteroatoms. The van der Waals surface area contributed by atoms with Crippen molar-refractivity contribution in [2.45, 2.75) is 32.5 Å². The summed E-state index contributed by atoms with van der Waals surface area (Å²) in [6.07, 6.45) is 1.16. The van der Waals surface area contributed by atoms with Crippen molar-refractivity contribution >= 4 is 0 Å². The molecule has 0 aromatic heterocycles. The number of benzene rings is 2. The summed E-state index contributed by atoms with van der Waals surface area (Å²) in [5.74, 6) is 0. The van der Waals surface area contributed by atoms with E-state index in [1.807, 2.05) is 0 Å². The fourth-order valence-electron chi connectivity index (χ4n) is 3.19. The van der Waals surface area contributed by atoms with E-state index in [1.165, 1.54) is 16.7 Å². The standard InChI is InChI=1S/C19H24N2/c1-2-20-19(16-8-4-3-5-9-16)12-13-21-14-17-10-6-7-11-18(17)15-21/h3-11,19-20H,2,12-15H2,1H3. The van der Waals surface area contributed by atoms with Crippen LogP contribution in [0.25, 0.3) is 0 Å². The lowest BCUT2D eigenvalue weighted by molar-refractivity contribution is 0.265. The van der Waals surface area contributed by atoms with Crippen LogP contribution in [0.4, 0.5) is 0 Å². The number of hydrogen-bond donors (Lipinski definition) is 1. The second-order valence-corrected chi connectivity index (χ2v) is 5.79. The van der Waals surface area contributed by atoms with Gasteiger partial charge in [-0.3, -0.25) is 4.90 Å². The molecule has 3 rings (SSSR count). The Morgan fingerprint density at radius 1 is 0.952 bits per heavy atom. The highest BCUT2D eigenvalue weighted by atomic mass is 15.1. The van der Waals surface area contributed by atoms with Crippen LogP contribution in [-0.2, 0) is 13.1 Å². The predicted molar refractivity (Wildman–Crippen MR) is 88.0 cm³/mol. The molecule has 0 amide bonds. The van der Waals surface area contributed by atoms with Crippen LogP contribution in [0.2, 0.25) is 0 Å². The maximum absolute atomic E-state index is 3.62. The third-order valence-corrected chi connectivity index (χ3v) is 4.29. The molecule has 2 aromatic rings. The van der Waals surface area contributed by atoms with E-state index in [1.54, 1.807) is 0 Å². The lowest BCUT2D eigenvalue weighted by atomic mass is 10.0. The van der Waals surface area contributed by atoms with Crippen molar-refractivity contribution in [3.05, 3.63) is 71.3 Å². The van der Waals surface area contributed by atoms with E-state index in [2.05, 4.69) is 71.7 Å². The molecule has 1 atom stereocenters. The van der Waals surface area contributed by atoms with Crippen LogP contribution in [0.5, 0.6) is 0 Å². The van der Waals surface area contributed by atoms with E-state index < -0.39 is 0 Å². The molecule has 2 nitrogen and oxygen atoms in total. The number of nitrogens with one attached hydrogen (secondary N) is 1. The topological polar surface area (TPSA) is 15.3 Å². The summed E-state index contributed by atoms with van der Waals surface area (Å²) in [6, 6.07) is 20.1. The number of hydrogen-bond acceptors (Lipinski definition) is 2. The summed E-state index contributed by atoms with van der Waals surface area (Å²) >= 11 is 0. The van der Waals surface area contributed by atoms with E-state index in [-0.39, 0.29) is 0 Å². The molecule has 1 N–H and O–H groups in total. The maximum Gasteiger partial charge on any atom is 0.0332 e. The summed E-state index contributed by atoms with van der Waals surface area (Å²) in [4.78, 5) is 2.55. The lowest BCUT2D eigenvalue weighted by Crippen LogP contribution is -2.26. The van der Waals surface area contributed by atoms with Gasteiger partial charge >= 0.3 is 0 Å². The smallest absolute Gasteiger partial charge is 0.0332 e. The lowest BCUT2D eigenvalue weighted by Gasteiger charge is -2.22. The summed E-state index contributed by atoms with van der Waals surface area (Å²) < 4.78 is 0. The fourth-order valence-corrected chi connectivity index (χ4v) is 3.19. The molecule has 0 saturated heterocycles. The minimum atomic E-state index is 0.458. The van der Waals surface area contributed by atoms with E-state index in [9.17, 15) is 0 Å². The monoisotopic (exact) mass is 280 g/mol. The molecule has 1 heterocycles. The SMILES string of the molecule is CCNC(CCN1Cc2ccccc2C1)c1ccccc1. The van der Waals surface area contributed by atoms with Gasteiger partial charge < -0.3 is 5.32 Å². The molecule has 110 valence electrons. The van der Waals surface area contributed by atoms with Gasteiger partial charge in [-0.1, -0.05) is 61.5 Å². The first-order valence-corrected chi connectivity index (χ1v) is 7.94. The average molecular weight is 280 g/mol. The van der Waals surface area contributed by atoms with Gasteiger partial charge in [-0.15, -0.1) is 0 Å². The van der Waals surface area contributed by atoms with E-state index in [0.717, 1.165) is 32.6 Å². The van der Waals surface area contributed by atoms with E-state index >= 15 is 0 Å². The molecule has 21 heavy (non-hydrogen) atoms. The van der Waals surface area contributed by atoms with Gasteiger partial charge in [0, 0.05) is 25.7 Å². The van der Waals surface area contributed by atoms with Crippen molar-refractivity contribution < 1.29 is 0 Å². The molecule has 1 unspecified atom stereocenters. The second kappa shape index (κ2) is 6.88. The van der Waals surface area contributed by atoms with Crippen molar-refractivity contribution in [2.75, 3.05) is 13.1 Å². The van der Waals surface area contributed by atoms with Crippen LogP contribution in [0, 0.1) is 0 Å². The van der Waals surface area contributed by atoms with Gasteiger partial charge in [-0.25, -0.2) is 0 Å². The minimum absolute atomic E-state index is 0.458. The Labute approximate surface area is 127 Å². The molecular weight excluding hydrogens is 256 g/mol. The quantitative estimate of drug-likeness (QED) is 0.867. The van der Waals surface area contributed by atoms with Crippen LogP contribution in [-0.4, -0.2) is 18.0 Å². The molecule has 0 radical (unpaired) electrons. The Morgan fingerprint density at radius 3 is 2.19 bits per heavy atom. The molecule has 2 aromatic carbocycles. The Hall–Kier alpha value is -1.64. The maximum atomic E-state index is 3.62. The zero-order valence-electron chi connectivity index (χ0n) is 12.8. The van der Waals surface area contributed by atoms with Crippen LogP contribution in [0.3, 0.4) is 0 Å². The van der Waals surface area contributed by atoms with Gasteiger partial charge in [-0.05, 0) is 29.7 Å². The normalized spacial score (nSPS) is 15.9. The molecular formula is C19H24N2. The highest BCUT2D eigenvalue weighted by molar-refractivity contribution is 5.30. The van der Waals surface area contributed by atoms with E-state index in [0.29, 0.717) is 6.04 Å². The van der Waals surface area contributed by atoms with Crippen molar-refractivity contribution in [1.82, 2.24) is 10.2 Å². The van der Waals surface area contributed by atoms with Gasteiger partial charge in [0.1, 0.15) is 0 Å². The van der Waals surface area contributed by atoms with Crippen LogP contribution < -0.4 is 5.32 Å². The highest BCUT2D eigenvalue weighted by Crippen LogP contribution is 2.24. The molecule has 0 aliphatic carbocycles. The largest absolute Gasteiger partial charge is 0.310 e. The first kappa shape index (κ1) is 14.3. The zero-order chi connectivity index (χ0) is 14.5. The molecule has 0 spiro atoms. The molecule has 1 aliphatic rings. The summed E-state index contributed by atoms with van der Waals surface area (Å²) in [7, 11) is 0. The highest BCUT2D eigenvalue weighted by Gasteiger charge is 2.19. The van der Waals surface area contributed by atoms with Gasteiger partial charge in [0.2, 0.25) is 0 Å². The Balaban J connectivity index is 1.59. The molecule has 0 saturated carbocycles. The van der Waals surface area contributed by atoms with Gasteiger partial charge in [0.05, 0.1) is 0 Å². The fraction of sp³-hybridized carbons (Fsp3) is 0.368. The average Bonchev–Trinajstić information content (AvgIpc) is 2.95.